The number of benzene rings is 1. The molecule has 2 unspecified atom stereocenters. The molecule has 0 N–H and O–H groups in total. The summed E-state index contributed by atoms with van der Waals surface area (Å²) in [5.41, 5.74) is 0.893. The van der Waals surface area contributed by atoms with Gasteiger partial charge in [-0.15, -0.1) is 0 Å². The molecule has 20 heavy (non-hydrogen) atoms. The van der Waals surface area contributed by atoms with Gasteiger partial charge in [0, 0.05) is 17.1 Å². The Balaban J connectivity index is 1.96. The number of nitro benzene ring substituents is 1. The van der Waals surface area contributed by atoms with Gasteiger partial charge in [0.2, 0.25) is 0 Å². The van der Waals surface area contributed by atoms with Crippen LogP contribution in [-0.4, -0.2) is 30.2 Å². The maximum atomic E-state index is 11.3. The van der Waals surface area contributed by atoms with E-state index in [4.69, 9.17) is 4.74 Å². The first kappa shape index (κ1) is 13.8. The SMILES string of the molecule is O=[N+]([O-])c1cc(Br)ccc1N1CCOC2CCCCC21. The van der Waals surface area contributed by atoms with Gasteiger partial charge in [-0.25, -0.2) is 0 Å². The molecule has 1 heterocycles. The summed E-state index contributed by atoms with van der Waals surface area (Å²) in [6.07, 6.45) is 4.70. The highest BCUT2D eigenvalue weighted by Gasteiger charge is 2.36. The molecule has 0 spiro atoms. The van der Waals surface area contributed by atoms with E-state index < -0.39 is 0 Å². The van der Waals surface area contributed by atoms with Crippen molar-refractivity contribution in [1.82, 2.24) is 0 Å². The summed E-state index contributed by atoms with van der Waals surface area (Å²) in [5.74, 6) is 0. The van der Waals surface area contributed by atoms with Gasteiger partial charge in [-0.2, -0.15) is 0 Å². The minimum atomic E-state index is -0.298. The Morgan fingerprint density at radius 2 is 2.15 bits per heavy atom. The van der Waals surface area contributed by atoms with Gasteiger partial charge < -0.3 is 9.64 Å². The van der Waals surface area contributed by atoms with Gasteiger partial charge in [0.25, 0.3) is 5.69 Å². The van der Waals surface area contributed by atoms with Crippen LogP contribution in [0.5, 0.6) is 0 Å². The first-order chi connectivity index (χ1) is 9.66. The van der Waals surface area contributed by atoms with E-state index in [0.29, 0.717) is 6.61 Å². The Morgan fingerprint density at radius 3 is 2.95 bits per heavy atom. The minimum absolute atomic E-state index is 0.172. The van der Waals surface area contributed by atoms with Crippen LogP contribution in [0.1, 0.15) is 25.7 Å². The molecule has 6 heteroatoms. The molecule has 5 nitrogen and oxygen atoms in total. The first-order valence-electron chi connectivity index (χ1n) is 6.99. The highest BCUT2D eigenvalue weighted by molar-refractivity contribution is 9.10. The topological polar surface area (TPSA) is 55.6 Å². The summed E-state index contributed by atoms with van der Waals surface area (Å²) >= 11 is 3.31. The van der Waals surface area contributed by atoms with Gasteiger partial charge in [-0.3, -0.25) is 10.1 Å². The summed E-state index contributed by atoms with van der Waals surface area (Å²) < 4.78 is 6.57. The average molecular weight is 341 g/mol. The van der Waals surface area contributed by atoms with Gasteiger partial charge in [0.05, 0.1) is 23.7 Å². The van der Waals surface area contributed by atoms with Crippen LogP contribution < -0.4 is 4.90 Å². The highest BCUT2D eigenvalue weighted by atomic mass is 79.9. The fourth-order valence-electron chi connectivity index (χ4n) is 3.28. The molecule has 2 fully saturated rings. The van der Waals surface area contributed by atoms with Gasteiger partial charge in [-0.1, -0.05) is 28.8 Å². The molecule has 1 aromatic carbocycles. The molecule has 2 atom stereocenters. The Kier molecular flexibility index (Phi) is 3.94. The second-order valence-electron chi connectivity index (χ2n) is 5.34. The van der Waals surface area contributed by atoms with Crippen molar-refractivity contribution in [1.29, 1.82) is 0 Å². The fourth-order valence-corrected chi connectivity index (χ4v) is 3.63. The van der Waals surface area contributed by atoms with Crippen molar-refractivity contribution in [2.75, 3.05) is 18.1 Å². The normalized spacial score (nSPS) is 26.1. The van der Waals surface area contributed by atoms with E-state index in [0.717, 1.165) is 29.5 Å². The van der Waals surface area contributed by atoms with E-state index in [9.17, 15) is 10.1 Å². The van der Waals surface area contributed by atoms with E-state index in [-0.39, 0.29) is 22.8 Å². The highest BCUT2D eigenvalue weighted by Crippen LogP contribution is 2.37. The van der Waals surface area contributed by atoms with Crippen molar-refractivity contribution in [2.45, 2.75) is 37.8 Å². The average Bonchev–Trinajstić information content (AvgIpc) is 2.46. The zero-order valence-electron chi connectivity index (χ0n) is 11.1. The number of halogens is 1. The zero-order valence-corrected chi connectivity index (χ0v) is 12.7. The number of hydrogen-bond donors (Lipinski definition) is 0. The van der Waals surface area contributed by atoms with Crippen molar-refractivity contribution in [2.24, 2.45) is 0 Å². The van der Waals surface area contributed by atoms with E-state index >= 15 is 0 Å². The molecule has 1 aromatic rings. The number of hydrogen-bond acceptors (Lipinski definition) is 4. The van der Waals surface area contributed by atoms with Crippen LogP contribution >= 0.6 is 15.9 Å². The maximum absolute atomic E-state index is 11.3. The third-order valence-electron chi connectivity index (χ3n) is 4.18. The summed E-state index contributed by atoms with van der Waals surface area (Å²) in [6.45, 7) is 1.37. The molecule has 1 saturated carbocycles. The Bertz CT molecular complexity index is 521. The predicted octanol–water partition coefficient (Wildman–Crippen LogP) is 3.51. The summed E-state index contributed by atoms with van der Waals surface area (Å²) in [5, 5.41) is 11.3. The lowest BCUT2D eigenvalue weighted by molar-refractivity contribution is -0.384. The first-order valence-corrected chi connectivity index (χ1v) is 7.78. The quantitative estimate of drug-likeness (QED) is 0.610. The molecule has 2 aliphatic rings. The number of rotatable bonds is 2. The fraction of sp³-hybridized carbons (Fsp3) is 0.571. The van der Waals surface area contributed by atoms with Crippen LogP contribution in [0, 0.1) is 10.1 Å². The number of ether oxygens (including phenoxy) is 1. The third-order valence-corrected chi connectivity index (χ3v) is 4.67. The second kappa shape index (κ2) is 5.69. The van der Waals surface area contributed by atoms with Crippen LogP contribution in [0.3, 0.4) is 0 Å². The van der Waals surface area contributed by atoms with Gasteiger partial charge in [0.1, 0.15) is 5.69 Å². The smallest absolute Gasteiger partial charge is 0.293 e. The van der Waals surface area contributed by atoms with Crippen molar-refractivity contribution in [3.8, 4) is 0 Å². The van der Waals surface area contributed by atoms with Crippen LogP contribution in [0.2, 0.25) is 0 Å². The van der Waals surface area contributed by atoms with Gasteiger partial charge in [0.15, 0.2) is 0 Å². The van der Waals surface area contributed by atoms with Crippen molar-refractivity contribution < 1.29 is 9.66 Å². The summed E-state index contributed by atoms with van der Waals surface area (Å²) in [6, 6.07) is 5.58. The van der Waals surface area contributed by atoms with Gasteiger partial charge >= 0.3 is 0 Å². The van der Waals surface area contributed by atoms with Crippen LogP contribution in [0.4, 0.5) is 11.4 Å². The predicted molar refractivity (Wildman–Crippen MR) is 80.1 cm³/mol. The molecule has 1 aliphatic heterocycles. The van der Waals surface area contributed by atoms with Gasteiger partial charge in [-0.05, 0) is 25.0 Å². The van der Waals surface area contributed by atoms with E-state index in [2.05, 4.69) is 20.8 Å². The summed E-state index contributed by atoms with van der Waals surface area (Å²) in [7, 11) is 0. The largest absolute Gasteiger partial charge is 0.374 e. The molecule has 108 valence electrons. The lowest BCUT2D eigenvalue weighted by Gasteiger charge is -2.44. The third kappa shape index (κ3) is 2.54. The molecular weight excluding hydrogens is 324 g/mol. The lowest BCUT2D eigenvalue weighted by Crippen LogP contribution is -2.53. The number of morpholine rings is 1. The molecule has 3 rings (SSSR count). The molecular formula is C14H17BrN2O3. The van der Waals surface area contributed by atoms with Crippen molar-refractivity contribution >= 4 is 27.3 Å². The van der Waals surface area contributed by atoms with Crippen LogP contribution in [0.25, 0.3) is 0 Å². The molecule has 0 amide bonds. The monoisotopic (exact) mass is 340 g/mol. The number of fused-ring (bicyclic) bond motifs is 1. The van der Waals surface area contributed by atoms with Crippen LogP contribution in [0.15, 0.2) is 22.7 Å². The van der Waals surface area contributed by atoms with Crippen LogP contribution in [-0.2, 0) is 4.74 Å². The number of anilines is 1. The zero-order chi connectivity index (χ0) is 14.1. The van der Waals surface area contributed by atoms with E-state index in [1.807, 2.05) is 12.1 Å². The molecule has 0 bridgehead atoms. The number of nitrogens with zero attached hydrogens (tertiary/aromatic N) is 2. The molecule has 1 aliphatic carbocycles. The van der Waals surface area contributed by atoms with E-state index in [1.54, 1.807) is 6.07 Å². The molecule has 0 aromatic heterocycles. The Hall–Kier alpha value is -1.14. The second-order valence-corrected chi connectivity index (χ2v) is 6.26. The molecule has 1 saturated heterocycles. The Morgan fingerprint density at radius 1 is 1.35 bits per heavy atom. The minimum Gasteiger partial charge on any atom is -0.374 e. The molecule has 0 radical (unpaired) electrons. The lowest BCUT2D eigenvalue weighted by atomic mass is 9.89. The van der Waals surface area contributed by atoms with Crippen molar-refractivity contribution in [3.63, 3.8) is 0 Å². The van der Waals surface area contributed by atoms with Crippen molar-refractivity contribution in [3.05, 3.63) is 32.8 Å². The standard InChI is InChI=1S/C14H17BrN2O3/c15-10-5-6-11(13(9-10)17(18)19)16-7-8-20-14-4-2-1-3-12(14)16/h5-6,9,12,14H,1-4,7-8H2. The maximum Gasteiger partial charge on any atom is 0.293 e. The Labute approximate surface area is 126 Å². The summed E-state index contributed by atoms with van der Waals surface area (Å²) in [4.78, 5) is 13.2. The number of nitro groups is 1. The van der Waals surface area contributed by atoms with E-state index in [1.165, 1.54) is 12.8 Å².